The summed E-state index contributed by atoms with van der Waals surface area (Å²) in [6.45, 7) is 0. The molecule has 12 heteroatoms. The average molecular weight is 553 g/mol. The van der Waals surface area contributed by atoms with Gasteiger partial charge in [-0.2, -0.15) is 23.0 Å². The van der Waals surface area contributed by atoms with Gasteiger partial charge in [0, 0.05) is 23.3 Å². The molecule has 40 heavy (non-hydrogen) atoms. The third kappa shape index (κ3) is 5.03. The molecule has 0 unspecified atom stereocenters. The second kappa shape index (κ2) is 10.6. The minimum absolute atomic E-state index is 0.0611. The molecule has 0 N–H and O–H groups in total. The van der Waals surface area contributed by atoms with Crippen LogP contribution in [0.2, 0.25) is 0 Å². The molecule has 0 bridgehead atoms. The van der Waals surface area contributed by atoms with Crippen molar-refractivity contribution in [1.29, 1.82) is 0 Å². The van der Waals surface area contributed by atoms with E-state index in [0.717, 1.165) is 6.07 Å². The van der Waals surface area contributed by atoms with Gasteiger partial charge in [-0.1, -0.05) is 0 Å². The first kappa shape index (κ1) is 26.6. The topological polar surface area (TPSA) is 93.7 Å². The van der Waals surface area contributed by atoms with Crippen LogP contribution in [0.1, 0.15) is 5.69 Å². The van der Waals surface area contributed by atoms with Crippen LogP contribution in [0.25, 0.3) is 39.9 Å². The molecule has 2 aromatic carbocycles. The number of aromatic nitrogens is 4. The Morgan fingerprint density at radius 3 is 1.95 bits per heavy atom. The summed E-state index contributed by atoms with van der Waals surface area (Å²) >= 11 is 0. The van der Waals surface area contributed by atoms with E-state index in [4.69, 9.17) is 23.4 Å². The van der Waals surface area contributed by atoms with Gasteiger partial charge in [0.1, 0.15) is 28.7 Å². The van der Waals surface area contributed by atoms with Gasteiger partial charge in [0.25, 0.3) is 5.95 Å². The highest BCUT2D eigenvalue weighted by molar-refractivity contribution is 5.77. The average Bonchev–Trinajstić information content (AvgIpc) is 3.67. The molecule has 5 rings (SSSR count). The van der Waals surface area contributed by atoms with Gasteiger partial charge in [0.2, 0.25) is 0 Å². The van der Waals surface area contributed by atoms with Crippen LogP contribution in [0, 0.1) is 0 Å². The minimum Gasteiger partial charge on any atom is -0.497 e. The smallest absolute Gasteiger partial charge is 0.433 e. The Labute approximate surface area is 226 Å². The number of furan rings is 1. The Bertz CT molecular complexity index is 1650. The van der Waals surface area contributed by atoms with Gasteiger partial charge in [0.15, 0.2) is 11.5 Å². The van der Waals surface area contributed by atoms with Crippen LogP contribution in [-0.2, 0) is 6.18 Å². The fraction of sp³-hybridized carbons (Fsp3) is 0.179. The first-order valence-electron chi connectivity index (χ1n) is 11.8. The zero-order chi connectivity index (χ0) is 28.4. The fourth-order valence-corrected chi connectivity index (χ4v) is 4.10. The van der Waals surface area contributed by atoms with E-state index >= 15 is 0 Å². The van der Waals surface area contributed by atoms with Gasteiger partial charge < -0.3 is 23.4 Å². The molecule has 0 saturated carbocycles. The number of nitrogens with zero attached hydrogens (tertiary/aromatic N) is 4. The standard InChI is InChI=1S/C28H23F3N4O5/c1-36-16-7-9-18(24(12-16)38-3)20-14-22(19-10-8-17(37-2)13-25(19)39-4)35(34-20)27-32-21(23-6-5-11-40-23)15-26(33-27)28(29,30)31/h5-15H,1-4H3. The summed E-state index contributed by atoms with van der Waals surface area (Å²) in [5.41, 5.74) is 0.596. The van der Waals surface area contributed by atoms with Gasteiger partial charge in [0.05, 0.1) is 46.1 Å². The zero-order valence-corrected chi connectivity index (χ0v) is 21.8. The molecule has 0 aliphatic rings. The highest BCUT2D eigenvalue weighted by Gasteiger charge is 2.35. The van der Waals surface area contributed by atoms with E-state index in [0.29, 0.717) is 45.5 Å². The van der Waals surface area contributed by atoms with Crippen molar-refractivity contribution in [2.45, 2.75) is 6.18 Å². The van der Waals surface area contributed by atoms with Crippen LogP contribution >= 0.6 is 0 Å². The number of hydrogen-bond donors (Lipinski definition) is 0. The highest BCUT2D eigenvalue weighted by atomic mass is 19.4. The van der Waals surface area contributed by atoms with Gasteiger partial charge in [-0.15, -0.1) is 0 Å². The van der Waals surface area contributed by atoms with E-state index in [2.05, 4.69) is 15.1 Å². The number of alkyl halides is 3. The molecule has 3 heterocycles. The predicted octanol–water partition coefficient (Wildman–Crippen LogP) is 6.31. The van der Waals surface area contributed by atoms with Crippen LogP contribution in [0.15, 0.2) is 71.3 Å². The molecule has 0 atom stereocenters. The summed E-state index contributed by atoms with van der Waals surface area (Å²) in [6.07, 6.45) is -3.41. The first-order chi connectivity index (χ1) is 19.2. The number of ether oxygens (including phenoxy) is 4. The Morgan fingerprint density at radius 2 is 1.38 bits per heavy atom. The number of hydrogen-bond acceptors (Lipinski definition) is 8. The van der Waals surface area contributed by atoms with Crippen LogP contribution < -0.4 is 18.9 Å². The lowest BCUT2D eigenvalue weighted by molar-refractivity contribution is -0.141. The number of benzene rings is 2. The van der Waals surface area contributed by atoms with Gasteiger partial charge >= 0.3 is 6.18 Å². The van der Waals surface area contributed by atoms with Gasteiger partial charge in [-0.05, 0) is 48.5 Å². The molecule has 0 spiro atoms. The molecule has 3 aromatic heterocycles. The number of methoxy groups -OCH3 is 4. The third-order valence-electron chi connectivity index (χ3n) is 6.05. The molecule has 0 amide bonds. The maximum Gasteiger partial charge on any atom is 0.433 e. The molecule has 9 nitrogen and oxygen atoms in total. The zero-order valence-electron chi connectivity index (χ0n) is 21.8. The van der Waals surface area contributed by atoms with Crippen molar-refractivity contribution in [3.63, 3.8) is 0 Å². The van der Waals surface area contributed by atoms with E-state index in [9.17, 15) is 13.2 Å². The van der Waals surface area contributed by atoms with Crippen molar-refractivity contribution in [1.82, 2.24) is 19.7 Å². The number of rotatable bonds is 8. The third-order valence-corrected chi connectivity index (χ3v) is 6.05. The Balaban J connectivity index is 1.79. The second-order valence-corrected chi connectivity index (χ2v) is 8.37. The monoisotopic (exact) mass is 552 g/mol. The molecular formula is C28H23F3N4O5. The van der Waals surface area contributed by atoms with Crippen molar-refractivity contribution in [3.8, 4) is 62.9 Å². The highest BCUT2D eigenvalue weighted by Crippen LogP contribution is 2.40. The molecule has 5 aromatic rings. The Morgan fingerprint density at radius 1 is 0.725 bits per heavy atom. The van der Waals surface area contributed by atoms with Crippen LogP contribution in [0.4, 0.5) is 13.2 Å². The molecule has 0 saturated heterocycles. The maximum atomic E-state index is 14.0. The molecule has 206 valence electrons. The first-order valence-corrected chi connectivity index (χ1v) is 11.8. The van der Waals surface area contributed by atoms with Crippen molar-refractivity contribution in [2.24, 2.45) is 0 Å². The molecule has 0 aliphatic carbocycles. The van der Waals surface area contributed by atoms with E-state index in [1.165, 1.54) is 45.5 Å². The molecular weight excluding hydrogens is 529 g/mol. The Hall–Kier alpha value is -5.00. The SMILES string of the molecule is COc1ccc(-c2cc(-c3ccc(OC)cc3OC)n(-c3nc(-c4ccco4)cc(C(F)(F)F)n3)n2)c(OC)c1. The predicted molar refractivity (Wildman–Crippen MR) is 139 cm³/mol. The quantitative estimate of drug-likeness (QED) is 0.221. The van der Waals surface area contributed by atoms with E-state index in [1.54, 1.807) is 48.5 Å². The second-order valence-electron chi connectivity index (χ2n) is 8.37. The molecule has 0 fully saturated rings. The van der Waals surface area contributed by atoms with E-state index in [1.807, 2.05) is 0 Å². The van der Waals surface area contributed by atoms with E-state index < -0.39 is 11.9 Å². The lowest BCUT2D eigenvalue weighted by Gasteiger charge is -2.13. The summed E-state index contributed by atoms with van der Waals surface area (Å²) in [5, 5.41) is 4.64. The number of halogens is 3. The van der Waals surface area contributed by atoms with Crippen molar-refractivity contribution < 1.29 is 36.5 Å². The molecule has 0 aliphatic heterocycles. The van der Waals surface area contributed by atoms with Crippen molar-refractivity contribution in [3.05, 3.63) is 72.6 Å². The van der Waals surface area contributed by atoms with Gasteiger partial charge in [-0.25, -0.2) is 9.97 Å². The summed E-state index contributed by atoms with van der Waals surface area (Å²) < 4.78 is 70.2. The largest absolute Gasteiger partial charge is 0.497 e. The van der Waals surface area contributed by atoms with Crippen LogP contribution in [0.3, 0.4) is 0 Å². The maximum absolute atomic E-state index is 14.0. The lowest BCUT2D eigenvalue weighted by atomic mass is 10.1. The summed E-state index contributed by atoms with van der Waals surface area (Å²) in [5.74, 6) is 1.74. The van der Waals surface area contributed by atoms with Crippen LogP contribution in [0.5, 0.6) is 23.0 Å². The minimum atomic E-state index is -4.76. The summed E-state index contributed by atoms with van der Waals surface area (Å²) in [4.78, 5) is 8.23. The summed E-state index contributed by atoms with van der Waals surface area (Å²) in [7, 11) is 6.01. The lowest BCUT2D eigenvalue weighted by Crippen LogP contribution is -2.14. The Kier molecular flexibility index (Phi) is 7.07. The fourth-order valence-electron chi connectivity index (χ4n) is 4.10. The van der Waals surface area contributed by atoms with E-state index in [-0.39, 0.29) is 17.4 Å². The molecule has 0 radical (unpaired) electrons. The van der Waals surface area contributed by atoms with Crippen molar-refractivity contribution >= 4 is 0 Å². The normalized spacial score (nSPS) is 11.4. The van der Waals surface area contributed by atoms with Crippen molar-refractivity contribution in [2.75, 3.05) is 28.4 Å². The summed E-state index contributed by atoms with van der Waals surface area (Å²) in [6, 6.07) is 15.8. The van der Waals surface area contributed by atoms with Crippen LogP contribution in [-0.4, -0.2) is 48.2 Å². The van der Waals surface area contributed by atoms with Gasteiger partial charge in [-0.3, -0.25) is 0 Å².